The summed E-state index contributed by atoms with van der Waals surface area (Å²) in [6.45, 7) is 8.49. The molecule has 0 heterocycles. The molecule has 10 heavy (non-hydrogen) atoms. The van der Waals surface area contributed by atoms with Crippen LogP contribution in [-0.2, 0) is 0 Å². The van der Waals surface area contributed by atoms with Crippen LogP contribution in [0.2, 0.25) is 0 Å². The zero-order chi connectivity index (χ0) is 8.15. The van der Waals surface area contributed by atoms with E-state index in [4.69, 9.17) is 5.73 Å². The Bertz CT molecular complexity index is 109. The Hall–Kier alpha value is -0.540. The normalized spacial score (nSPS) is 10.6. The molecule has 0 unspecified atom stereocenters. The fourth-order valence-corrected chi connectivity index (χ4v) is 0.420. The van der Waals surface area contributed by atoms with Crippen LogP contribution in [0.5, 0.6) is 0 Å². The van der Waals surface area contributed by atoms with Crippen LogP contribution in [-0.4, -0.2) is 18.7 Å². The van der Waals surface area contributed by atoms with E-state index in [9.17, 15) is 0 Å². The molecule has 0 aliphatic carbocycles. The molecule has 0 saturated heterocycles. The minimum atomic E-state index is 0.453. The lowest BCUT2D eigenvalue weighted by molar-refractivity contribution is 0.262. The summed E-state index contributed by atoms with van der Waals surface area (Å²) in [4.78, 5) is 0. The maximum atomic E-state index is 5.34. The summed E-state index contributed by atoms with van der Waals surface area (Å²) >= 11 is 0. The van der Waals surface area contributed by atoms with E-state index in [-0.39, 0.29) is 0 Å². The maximum absolute atomic E-state index is 5.34. The van der Waals surface area contributed by atoms with Gasteiger partial charge < -0.3 is 11.2 Å². The Morgan fingerprint density at radius 3 is 2.50 bits per heavy atom. The quantitative estimate of drug-likeness (QED) is 0.445. The van der Waals surface area contributed by atoms with E-state index >= 15 is 0 Å². The van der Waals surface area contributed by atoms with Crippen molar-refractivity contribution in [2.45, 2.75) is 13.8 Å². The molecule has 0 saturated carbocycles. The van der Waals surface area contributed by atoms with Crippen molar-refractivity contribution in [3.05, 3.63) is 12.3 Å². The van der Waals surface area contributed by atoms with Gasteiger partial charge in [-0.3, -0.25) is 0 Å². The summed E-state index contributed by atoms with van der Waals surface area (Å²) < 4.78 is 0. The lowest BCUT2D eigenvalue weighted by atomic mass is 10.2. The molecule has 0 aromatic carbocycles. The average Bonchev–Trinajstić information content (AvgIpc) is 1.87. The minimum Gasteiger partial charge on any atom is -0.322 e. The van der Waals surface area contributed by atoms with Crippen molar-refractivity contribution in [1.82, 2.24) is 10.4 Å². The monoisotopic (exact) mass is 143 g/mol. The third-order valence-corrected chi connectivity index (χ3v) is 1.31. The highest BCUT2D eigenvalue weighted by Crippen LogP contribution is 2.01. The molecule has 0 aromatic rings. The van der Waals surface area contributed by atoms with Crippen molar-refractivity contribution in [3.63, 3.8) is 0 Å². The second-order valence-corrected chi connectivity index (χ2v) is 2.67. The van der Waals surface area contributed by atoms with Crippen molar-refractivity contribution >= 4 is 0 Å². The highest BCUT2D eigenvalue weighted by Gasteiger charge is 2.00. The lowest BCUT2D eigenvalue weighted by Gasteiger charge is -2.20. The van der Waals surface area contributed by atoms with Gasteiger partial charge in [0.05, 0.1) is 6.67 Å². The molecule has 0 aromatic heterocycles. The summed E-state index contributed by atoms with van der Waals surface area (Å²) in [6.07, 6.45) is 0. The Labute approximate surface area is 62.9 Å². The number of nitrogens with zero attached hydrogens (tertiary/aromatic N) is 1. The van der Waals surface area contributed by atoms with Gasteiger partial charge in [0, 0.05) is 12.7 Å². The van der Waals surface area contributed by atoms with Gasteiger partial charge in [-0.1, -0.05) is 20.4 Å². The Morgan fingerprint density at radius 1 is 1.70 bits per heavy atom. The number of rotatable bonds is 4. The molecule has 0 bridgehead atoms. The van der Waals surface area contributed by atoms with Crippen molar-refractivity contribution in [3.8, 4) is 0 Å². The van der Waals surface area contributed by atoms with Crippen LogP contribution in [0.15, 0.2) is 12.3 Å². The minimum absolute atomic E-state index is 0.453. The molecule has 0 atom stereocenters. The zero-order valence-corrected chi connectivity index (χ0v) is 7.02. The van der Waals surface area contributed by atoms with Gasteiger partial charge in [0.15, 0.2) is 0 Å². The van der Waals surface area contributed by atoms with Gasteiger partial charge in [-0.15, -0.1) is 0 Å². The summed E-state index contributed by atoms with van der Waals surface area (Å²) in [6, 6.07) is 0. The number of nitrogens with two attached hydrogens (primary N) is 1. The maximum Gasteiger partial charge on any atom is 0.0640 e. The van der Waals surface area contributed by atoms with Gasteiger partial charge in [0.1, 0.15) is 0 Å². The molecule has 3 nitrogen and oxygen atoms in total. The van der Waals surface area contributed by atoms with Gasteiger partial charge >= 0.3 is 0 Å². The first-order valence-electron chi connectivity index (χ1n) is 3.44. The topological polar surface area (TPSA) is 41.3 Å². The first-order valence-corrected chi connectivity index (χ1v) is 3.44. The summed E-state index contributed by atoms with van der Waals surface area (Å²) in [5.74, 6) is 0.453. The summed E-state index contributed by atoms with van der Waals surface area (Å²) in [7, 11) is 1.88. The van der Waals surface area contributed by atoms with Gasteiger partial charge in [-0.05, 0) is 5.92 Å². The molecule has 0 amide bonds. The van der Waals surface area contributed by atoms with Crippen LogP contribution in [0.25, 0.3) is 0 Å². The van der Waals surface area contributed by atoms with E-state index < -0.39 is 0 Å². The Morgan fingerprint density at radius 2 is 2.20 bits per heavy atom. The molecule has 3 N–H and O–H groups in total. The third-order valence-electron chi connectivity index (χ3n) is 1.31. The van der Waals surface area contributed by atoms with Crippen molar-refractivity contribution in [2.24, 2.45) is 11.7 Å². The molecule has 60 valence electrons. The number of hydrogen-bond acceptors (Lipinski definition) is 3. The first-order chi connectivity index (χ1) is 4.57. The Kier molecular flexibility index (Phi) is 4.07. The van der Waals surface area contributed by atoms with Crippen LogP contribution in [0.3, 0.4) is 0 Å². The van der Waals surface area contributed by atoms with Gasteiger partial charge in [-0.2, -0.15) is 0 Å². The SMILES string of the molecule is C=C(NN(C)CN)C(C)C. The predicted octanol–water partition coefficient (Wildman–Crippen LogP) is 0.509. The smallest absolute Gasteiger partial charge is 0.0640 e. The summed E-state index contributed by atoms with van der Waals surface area (Å²) in [5, 5.41) is 1.79. The highest BCUT2D eigenvalue weighted by molar-refractivity contribution is 4.92. The highest BCUT2D eigenvalue weighted by atomic mass is 15.5. The van der Waals surface area contributed by atoms with Crippen LogP contribution >= 0.6 is 0 Å². The molecular formula is C7H17N3. The third kappa shape index (κ3) is 3.48. The molecule has 0 rings (SSSR count). The van der Waals surface area contributed by atoms with E-state index in [0.29, 0.717) is 12.6 Å². The summed E-state index contributed by atoms with van der Waals surface area (Å²) in [5.41, 5.74) is 9.38. The largest absolute Gasteiger partial charge is 0.322 e. The Balaban J connectivity index is 3.57. The lowest BCUT2D eigenvalue weighted by Crippen LogP contribution is -2.38. The van der Waals surface area contributed by atoms with Crippen LogP contribution in [0.4, 0.5) is 0 Å². The number of allylic oxidation sites excluding steroid dienone is 1. The predicted molar refractivity (Wildman–Crippen MR) is 43.9 cm³/mol. The van der Waals surface area contributed by atoms with Crippen LogP contribution < -0.4 is 11.2 Å². The number of nitrogens with one attached hydrogen (secondary N) is 1. The molecule has 0 fully saturated rings. The van der Waals surface area contributed by atoms with Crippen molar-refractivity contribution in [2.75, 3.05) is 13.7 Å². The molecule has 0 radical (unpaired) electrons. The van der Waals surface area contributed by atoms with Crippen molar-refractivity contribution < 1.29 is 0 Å². The molecular weight excluding hydrogens is 126 g/mol. The molecule has 0 spiro atoms. The van der Waals surface area contributed by atoms with E-state index in [2.05, 4.69) is 25.9 Å². The second kappa shape index (κ2) is 4.30. The van der Waals surface area contributed by atoms with Gasteiger partial charge in [-0.25, -0.2) is 5.01 Å². The van der Waals surface area contributed by atoms with Gasteiger partial charge in [0.2, 0.25) is 0 Å². The number of hydrogen-bond donors (Lipinski definition) is 2. The first kappa shape index (κ1) is 9.46. The second-order valence-electron chi connectivity index (χ2n) is 2.67. The number of hydrazine groups is 1. The fraction of sp³-hybridized carbons (Fsp3) is 0.714. The van der Waals surface area contributed by atoms with Crippen molar-refractivity contribution in [1.29, 1.82) is 0 Å². The van der Waals surface area contributed by atoms with Crippen LogP contribution in [0, 0.1) is 5.92 Å². The van der Waals surface area contributed by atoms with E-state index in [1.54, 1.807) is 5.01 Å². The van der Waals surface area contributed by atoms with E-state index in [1.165, 1.54) is 0 Å². The standard InChI is InChI=1S/C7H17N3/c1-6(2)7(3)9-10(4)5-8/h6,9H,3,5,8H2,1-2,4H3. The fourth-order valence-electron chi connectivity index (χ4n) is 0.420. The molecule has 0 aliphatic heterocycles. The zero-order valence-electron chi connectivity index (χ0n) is 7.02. The van der Waals surface area contributed by atoms with E-state index in [0.717, 1.165) is 5.70 Å². The molecule has 0 aliphatic rings. The van der Waals surface area contributed by atoms with Crippen LogP contribution in [0.1, 0.15) is 13.8 Å². The molecule has 3 heteroatoms. The van der Waals surface area contributed by atoms with E-state index in [1.807, 2.05) is 7.05 Å². The average molecular weight is 143 g/mol. The van der Waals surface area contributed by atoms with Gasteiger partial charge in [0.25, 0.3) is 0 Å².